The molecule has 0 heterocycles. The zero-order valence-corrected chi connectivity index (χ0v) is 10.6. The molecule has 0 radical (unpaired) electrons. The summed E-state index contributed by atoms with van der Waals surface area (Å²) >= 11 is 11.8. The van der Waals surface area contributed by atoms with Crippen LogP contribution in [0.15, 0.2) is 18.2 Å². The first-order valence-corrected chi connectivity index (χ1v) is 6.07. The van der Waals surface area contributed by atoms with Gasteiger partial charge < -0.3 is 5.32 Å². The fourth-order valence-corrected chi connectivity index (χ4v) is 1.99. The molecule has 1 aromatic rings. The smallest absolute Gasteiger partial charge is 0.0424 e. The summed E-state index contributed by atoms with van der Waals surface area (Å²) in [6.45, 7) is 1.75. The van der Waals surface area contributed by atoms with Gasteiger partial charge in [-0.15, -0.1) is 12.3 Å². The zero-order chi connectivity index (χ0) is 11.8. The Morgan fingerprint density at radius 3 is 2.44 bits per heavy atom. The highest BCUT2D eigenvalue weighted by Gasteiger charge is 1.97. The van der Waals surface area contributed by atoms with E-state index in [4.69, 9.17) is 29.6 Å². The highest BCUT2D eigenvalue weighted by molar-refractivity contribution is 6.34. The number of terminal acetylenes is 1. The Hall–Kier alpha value is -0.680. The van der Waals surface area contributed by atoms with Gasteiger partial charge in [-0.25, -0.2) is 0 Å². The number of rotatable bonds is 6. The van der Waals surface area contributed by atoms with Crippen LogP contribution in [0.25, 0.3) is 0 Å². The minimum atomic E-state index is 0.677. The molecule has 1 nitrogen and oxygen atoms in total. The quantitative estimate of drug-likeness (QED) is 0.601. The summed E-state index contributed by atoms with van der Waals surface area (Å²) in [5, 5.41) is 4.68. The molecule has 1 rings (SSSR count). The van der Waals surface area contributed by atoms with Gasteiger partial charge in [0.05, 0.1) is 0 Å². The molecule has 86 valence electrons. The summed E-state index contributed by atoms with van der Waals surface area (Å²) < 4.78 is 0. The molecule has 0 aliphatic heterocycles. The van der Waals surface area contributed by atoms with Crippen LogP contribution >= 0.6 is 23.2 Å². The van der Waals surface area contributed by atoms with Crippen molar-refractivity contribution in [3.8, 4) is 12.3 Å². The number of hydrogen-bond donors (Lipinski definition) is 1. The van der Waals surface area contributed by atoms with Gasteiger partial charge in [-0.3, -0.25) is 0 Å². The van der Waals surface area contributed by atoms with Crippen molar-refractivity contribution < 1.29 is 0 Å². The van der Waals surface area contributed by atoms with Gasteiger partial charge in [-0.2, -0.15) is 0 Å². The number of halogens is 2. The van der Waals surface area contributed by atoms with Crippen LogP contribution in [0.2, 0.25) is 10.0 Å². The number of nitrogens with one attached hydrogen (secondary N) is 1. The Morgan fingerprint density at radius 1 is 1.12 bits per heavy atom. The lowest BCUT2D eigenvalue weighted by Crippen LogP contribution is -2.14. The molecular formula is C13H15Cl2N. The normalized spacial score (nSPS) is 10.1. The van der Waals surface area contributed by atoms with Gasteiger partial charge >= 0.3 is 0 Å². The third-order valence-electron chi connectivity index (χ3n) is 2.18. The van der Waals surface area contributed by atoms with Gasteiger partial charge in [0.25, 0.3) is 0 Å². The molecule has 0 fully saturated rings. The fraction of sp³-hybridized carbons (Fsp3) is 0.385. The average molecular weight is 256 g/mol. The second-order valence-corrected chi connectivity index (χ2v) is 4.49. The van der Waals surface area contributed by atoms with E-state index in [1.165, 1.54) is 0 Å². The summed E-state index contributed by atoms with van der Waals surface area (Å²) in [7, 11) is 0. The standard InChI is InChI=1S/C13H15Cl2N/c1-2-3-4-5-6-16-10-11-7-12(14)9-13(15)8-11/h1,7-9,16H,3-6,10H2. The van der Waals surface area contributed by atoms with Gasteiger partial charge in [-0.1, -0.05) is 23.2 Å². The molecule has 3 heteroatoms. The molecule has 0 saturated carbocycles. The molecule has 0 unspecified atom stereocenters. The maximum Gasteiger partial charge on any atom is 0.0424 e. The maximum absolute atomic E-state index is 5.90. The van der Waals surface area contributed by atoms with Gasteiger partial charge in [0, 0.05) is 23.0 Å². The van der Waals surface area contributed by atoms with Crippen molar-refractivity contribution in [1.29, 1.82) is 0 Å². The van der Waals surface area contributed by atoms with E-state index in [0.29, 0.717) is 10.0 Å². The first-order chi connectivity index (χ1) is 7.72. The number of hydrogen-bond acceptors (Lipinski definition) is 1. The number of unbranched alkanes of at least 4 members (excludes halogenated alkanes) is 2. The molecule has 0 aliphatic carbocycles. The largest absolute Gasteiger partial charge is 0.313 e. The summed E-state index contributed by atoms with van der Waals surface area (Å²) in [4.78, 5) is 0. The van der Waals surface area contributed by atoms with E-state index in [1.807, 2.05) is 12.1 Å². The molecule has 0 bridgehead atoms. The van der Waals surface area contributed by atoms with E-state index >= 15 is 0 Å². The monoisotopic (exact) mass is 255 g/mol. The second kappa shape index (κ2) is 7.57. The van der Waals surface area contributed by atoms with E-state index in [2.05, 4.69) is 11.2 Å². The van der Waals surface area contributed by atoms with Crippen LogP contribution in [0.1, 0.15) is 24.8 Å². The first-order valence-electron chi connectivity index (χ1n) is 5.31. The SMILES string of the molecule is C#CCCCCNCc1cc(Cl)cc(Cl)c1. The molecule has 16 heavy (non-hydrogen) atoms. The predicted molar refractivity (Wildman–Crippen MR) is 70.9 cm³/mol. The minimum absolute atomic E-state index is 0.677. The van der Waals surface area contributed by atoms with Crippen LogP contribution in [-0.4, -0.2) is 6.54 Å². The molecule has 0 atom stereocenters. The van der Waals surface area contributed by atoms with Gasteiger partial charge in [-0.05, 0) is 43.1 Å². The molecule has 0 aromatic heterocycles. The summed E-state index contributed by atoms with van der Waals surface area (Å²) in [6.07, 6.45) is 8.18. The molecule has 0 saturated heterocycles. The van der Waals surface area contributed by atoms with Gasteiger partial charge in [0.15, 0.2) is 0 Å². The van der Waals surface area contributed by atoms with E-state index < -0.39 is 0 Å². The Balaban J connectivity index is 2.24. The van der Waals surface area contributed by atoms with Crippen molar-refractivity contribution in [2.75, 3.05) is 6.54 Å². The first kappa shape index (κ1) is 13.4. The van der Waals surface area contributed by atoms with Crippen LogP contribution in [0.5, 0.6) is 0 Å². The molecule has 0 spiro atoms. The van der Waals surface area contributed by atoms with Crippen molar-refractivity contribution in [3.05, 3.63) is 33.8 Å². The average Bonchev–Trinajstić information content (AvgIpc) is 2.22. The van der Waals surface area contributed by atoms with Crippen LogP contribution in [0.4, 0.5) is 0 Å². The van der Waals surface area contributed by atoms with E-state index in [0.717, 1.165) is 37.9 Å². The van der Waals surface area contributed by atoms with Crippen molar-refractivity contribution >= 4 is 23.2 Å². The topological polar surface area (TPSA) is 12.0 Å². The van der Waals surface area contributed by atoms with Crippen LogP contribution in [0.3, 0.4) is 0 Å². The zero-order valence-electron chi connectivity index (χ0n) is 9.10. The third kappa shape index (κ3) is 5.42. The Labute approximate surface area is 107 Å². The lowest BCUT2D eigenvalue weighted by molar-refractivity contribution is 0.630. The highest BCUT2D eigenvalue weighted by Crippen LogP contribution is 2.18. The number of benzene rings is 1. The molecule has 0 aliphatic rings. The minimum Gasteiger partial charge on any atom is -0.313 e. The maximum atomic E-state index is 5.90. The van der Waals surface area contributed by atoms with Crippen LogP contribution in [-0.2, 0) is 6.54 Å². The van der Waals surface area contributed by atoms with Gasteiger partial charge in [0.2, 0.25) is 0 Å². The van der Waals surface area contributed by atoms with Crippen molar-refractivity contribution in [3.63, 3.8) is 0 Å². The Bertz CT molecular complexity index is 348. The summed E-state index contributed by atoms with van der Waals surface area (Å²) in [6, 6.07) is 5.57. The molecule has 1 N–H and O–H groups in total. The fourth-order valence-electron chi connectivity index (χ4n) is 1.42. The second-order valence-electron chi connectivity index (χ2n) is 3.62. The molecule has 0 amide bonds. The summed E-state index contributed by atoms with van der Waals surface area (Å²) in [5.41, 5.74) is 1.11. The molecule has 1 aromatic carbocycles. The third-order valence-corrected chi connectivity index (χ3v) is 2.61. The predicted octanol–water partition coefficient (Wildman–Crippen LogP) is 3.89. The molecular weight excluding hydrogens is 241 g/mol. The van der Waals surface area contributed by atoms with E-state index in [9.17, 15) is 0 Å². The Morgan fingerprint density at radius 2 is 1.81 bits per heavy atom. The van der Waals surface area contributed by atoms with Crippen molar-refractivity contribution in [1.82, 2.24) is 5.32 Å². The van der Waals surface area contributed by atoms with Gasteiger partial charge in [0.1, 0.15) is 0 Å². The van der Waals surface area contributed by atoms with Crippen molar-refractivity contribution in [2.45, 2.75) is 25.8 Å². The lowest BCUT2D eigenvalue weighted by Gasteiger charge is -2.05. The lowest BCUT2D eigenvalue weighted by atomic mass is 10.2. The van der Waals surface area contributed by atoms with Crippen LogP contribution < -0.4 is 5.32 Å². The summed E-state index contributed by atoms with van der Waals surface area (Å²) in [5.74, 6) is 2.63. The van der Waals surface area contributed by atoms with E-state index in [1.54, 1.807) is 6.07 Å². The van der Waals surface area contributed by atoms with E-state index in [-0.39, 0.29) is 0 Å². The van der Waals surface area contributed by atoms with Crippen molar-refractivity contribution in [2.24, 2.45) is 0 Å². The highest BCUT2D eigenvalue weighted by atomic mass is 35.5. The Kier molecular flexibility index (Phi) is 6.33. The van der Waals surface area contributed by atoms with Crippen LogP contribution in [0, 0.1) is 12.3 Å².